The van der Waals surface area contributed by atoms with Gasteiger partial charge in [0.25, 0.3) is 5.91 Å². The highest BCUT2D eigenvalue weighted by Crippen LogP contribution is 2.40. The van der Waals surface area contributed by atoms with Crippen LogP contribution in [0.1, 0.15) is 41.6 Å². The Morgan fingerprint density at radius 3 is 2.45 bits per heavy atom. The average Bonchev–Trinajstić information content (AvgIpc) is 2.82. The molecule has 31 heavy (non-hydrogen) atoms. The molecule has 0 heterocycles. The first-order chi connectivity index (χ1) is 15.1. The molecule has 0 saturated heterocycles. The highest BCUT2D eigenvalue weighted by atomic mass is 16.7. The molecule has 1 aliphatic rings. The molecule has 0 unspecified atom stereocenters. The van der Waals surface area contributed by atoms with Gasteiger partial charge in [0.15, 0.2) is 0 Å². The predicted molar refractivity (Wildman–Crippen MR) is 118 cm³/mol. The van der Waals surface area contributed by atoms with Crippen LogP contribution in [-0.4, -0.2) is 38.4 Å². The van der Waals surface area contributed by atoms with E-state index in [0.29, 0.717) is 30.7 Å². The Balaban J connectivity index is 1.69. The van der Waals surface area contributed by atoms with Gasteiger partial charge >= 0.3 is 6.16 Å². The minimum Gasteiger partial charge on any atom is -0.496 e. The fourth-order valence-corrected chi connectivity index (χ4v) is 4.09. The van der Waals surface area contributed by atoms with Crippen LogP contribution in [0.2, 0.25) is 0 Å². The van der Waals surface area contributed by atoms with Crippen LogP contribution < -0.4 is 10.1 Å². The van der Waals surface area contributed by atoms with E-state index in [4.69, 9.17) is 14.2 Å². The van der Waals surface area contributed by atoms with E-state index in [2.05, 4.69) is 24.0 Å². The second-order valence-corrected chi connectivity index (χ2v) is 7.70. The van der Waals surface area contributed by atoms with E-state index in [1.165, 1.54) is 11.6 Å². The van der Waals surface area contributed by atoms with Crippen LogP contribution in [0, 0.1) is 0 Å². The number of nitrogens with one attached hydrogen (secondary N) is 1. The largest absolute Gasteiger partial charge is 0.508 e. The smallest absolute Gasteiger partial charge is 0.496 e. The number of hydrogen-bond donors (Lipinski definition) is 1. The van der Waals surface area contributed by atoms with Gasteiger partial charge in [0, 0.05) is 12.0 Å². The maximum absolute atomic E-state index is 12.9. The maximum Gasteiger partial charge on any atom is 0.508 e. The molecule has 0 bridgehead atoms. The summed E-state index contributed by atoms with van der Waals surface area (Å²) in [7, 11) is 1.55. The summed E-state index contributed by atoms with van der Waals surface area (Å²) < 4.78 is 15.7. The van der Waals surface area contributed by atoms with E-state index in [0.717, 1.165) is 12.8 Å². The summed E-state index contributed by atoms with van der Waals surface area (Å²) in [5.74, 6) is 0.378. The minimum absolute atomic E-state index is 0.133. The van der Waals surface area contributed by atoms with Gasteiger partial charge in [-0.1, -0.05) is 55.1 Å². The lowest BCUT2D eigenvalue weighted by molar-refractivity contribution is 0.00710. The van der Waals surface area contributed by atoms with Gasteiger partial charge in [0.05, 0.1) is 12.7 Å². The molecule has 1 saturated carbocycles. The van der Waals surface area contributed by atoms with E-state index < -0.39 is 6.16 Å². The van der Waals surface area contributed by atoms with Crippen LogP contribution in [-0.2, 0) is 14.9 Å². The number of benzene rings is 2. The van der Waals surface area contributed by atoms with Crippen molar-refractivity contribution in [1.82, 2.24) is 5.32 Å². The van der Waals surface area contributed by atoms with Crippen molar-refractivity contribution in [2.75, 3.05) is 20.3 Å². The molecule has 0 aliphatic heterocycles. The van der Waals surface area contributed by atoms with Gasteiger partial charge in [-0.3, -0.25) is 4.79 Å². The fraction of sp³-hybridized carbons (Fsp3) is 0.360. The number of para-hydroxylation sites is 1. The fourth-order valence-electron chi connectivity index (χ4n) is 4.09. The first kappa shape index (κ1) is 22.4. The van der Waals surface area contributed by atoms with Crippen molar-refractivity contribution in [2.24, 2.45) is 0 Å². The molecule has 0 aromatic heterocycles. The lowest BCUT2D eigenvalue weighted by Gasteiger charge is -2.40. The second-order valence-electron chi connectivity index (χ2n) is 7.70. The SMILES string of the molecule is C=CCOC(=O)OC1CCC(CNC(=O)c2ccccc2OC)(c2ccccc2)CC1. The first-order valence-corrected chi connectivity index (χ1v) is 10.5. The molecule has 6 heteroatoms. The zero-order valence-electron chi connectivity index (χ0n) is 17.8. The van der Waals surface area contributed by atoms with Crippen molar-refractivity contribution < 1.29 is 23.8 Å². The molecule has 0 atom stereocenters. The van der Waals surface area contributed by atoms with Crippen molar-refractivity contribution in [1.29, 1.82) is 0 Å². The van der Waals surface area contributed by atoms with E-state index in [1.807, 2.05) is 30.3 Å². The highest BCUT2D eigenvalue weighted by molar-refractivity contribution is 5.96. The van der Waals surface area contributed by atoms with E-state index >= 15 is 0 Å². The number of carbonyl (C=O) groups excluding carboxylic acids is 2. The van der Waals surface area contributed by atoms with Gasteiger partial charge in [-0.2, -0.15) is 0 Å². The van der Waals surface area contributed by atoms with Crippen molar-refractivity contribution in [3.8, 4) is 5.75 Å². The van der Waals surface area contributed by atoms with Crippen LogP contribution in [0.15, 0.2) is 67.3 Å². The maximum atomic E-state index is 12.9. The summed E-state index contributed by atoms with van der Waals surface area (Å²) in [6.45, 7) is 4.15. The Morgan fingerprint density at radius 2 is 1.77 bits per heavy atom. The molecule has 0 radical (unpaired) electrons. The molecule has 1 aliphatic carbocycles. The van der Waals surface area contributed by atoms with Gasteiger partial charge in [-0.15, -0.1) is 0 Å². The number of ether oxygens (including phenoxy) is 3. The molecule has 3 rings (SSSR count). The van der Waals surface area contributed by atoms with Crippen molar-refractivity contribution in [3.05, 3.63) is 78.4 Å². The number of hydrogen-bond acceptors (Lipinski definition) is 5. The third-order valence-electron chi connectivity index (χ3n) is 5.80. The summed E-state index contributed by atoms with van der Waals surface area (Å²) in [5, 5.41) is 3.10. The van der Waals surface area contributed by atoms with Crippen molar-refractivity contribution in [2.45, 2.75) is 37.2 Å². The summed E-state index contributed by atoms with van der Waals surface area (Å²) in [4.78, 5) is 24.6. The monoisotopic (exact) mass is 423 g/mol. The van der Waals surface area contributed by atoms with Gasteiger partial charge < -0.3 is 19.5 Å². The molecule has 164 valence electrons. The van der Waals surface area contributed by atoms with Crippen LogP contribution in [0.3, 0.4) is 0 Å². The lowest BCUT2D eigenvalue weighted by Crippen LogP contribution is -2.44. The predicted octanol–water partition coefficient (Wildman–Crippen LogP) is 4.64. The topological polar surface area (TPSA) is 73.9 Å². The molecular formula is C25H29NO5. The minimum atomic E-state index is -0.665. The third kappa shape index (κ3) is 5.66. The van der Waals surface area contributed by atoms with Gasteiger partial charge in [0.2, 0.25) is 0 Å². The van der Waals surface area contributed by atoms with E-state index in [1.54, 1.807) is 19.2 Å². The van der Waals surface area contributed by atoms with E-state index in [-0.39, 0.29) is 24.0 Å². The highest BCUT2D eigenvalue weighted by Gasteiger charge is 2.38. The Hall–Kier alpha value is -3.28. The molecule has 2 aromatic rings. The number of carbonyl (C=O) groups is 2. The van der Waals surface area contributed by atoms with Crippen LogP contribution >= 0.6 is 0 Å². The lowest BCUT2D eigenvalue weighted by atomic mass is 9.68. The Labute approximate surface area is 183 Å². The molecule has 1 amide bonds. The standard InChI is InChI=1S/C25H29NO5/c1-3-17-30-24(28)31-20-13-15-25(16-14-20,19-9-5-4-6-10-19)18-26-23(27)21-11-7-8-12-22(21)29-2/h3-12,20H,1,13-18H2,2H3,(H,26,27). The summed E-state index contributed by atoms with van der Waals surface area (Å²) in [5.41, 5.74) is 1.45. The van der Waals surface area contributed by atoms with Crippen molar-refractivity contribution >= 4 is 12.1 Å². The summed E-state index contributed by atoms with van der Waals surface area (Å²) in [6.07, 6.45) is 3.60. The molecular weight excluding hydrogens is 394 g/mol. The normalized spacial score (nSPS) is 20.4. The molecule has 2 aromatic carbocycles. The van der Waals surface area contributed by atoms with Crippen molar-refractivity contribution in [3.63, 3.8) is 0 Å². The summed E-state index contributed by atoms with van der Waals surface area (Å²) >= 11 is 0. The van der Waals surface area contributed by atoms with Gasteiger partial charge in [0.1, 0.15) is 18.5 Å². The van der Waals surface area contributed by atoms with E-state index in [9.17, 15) is 9.59 Å². The summed E-state index contributed by atoms with van der Waals surface area (Å²) in [6, 6.07) is 17.4. The average molecular weight is 424 g/mol. The molecule has 1 N–H and O–H groups in total. The zero-order valence-corrected chi connectivity index (χ0v) is 17.8. The van der Waals surface area contributed by atoms with Gasteiger partial charge in [-0.25, -0.2) is 4.79 Å². The Kier molecular flexibility index (Phi) is 7.70. The molecule has 1 fully saturated rings. The Bertz CT molecular complexity index is 888. The van der Waals surface area contributed by atoms with Crippen LogP contribution in [0.4, 0.5) is 4.79 Å². The first-order valence-electron chi connectivity index (χ1n) is 10.5. The van der Waals surface area contributed by atoms with Crippen LogP contribution in [0.25, 0.3) is 0 Å². The number of rotatable bonds is 8. The Morgan fingerprint density at radius 1 is 1.10 bits per heavy atom. The zero-order chi connectivity index (χ0) is 22.1. The molecule has 6 nitrogen and oxygen atoms in total. The second kappa shape index (κ2) is 10.7. The molecule has 0 spiro atoms. The number of amides is 1. The van der Waals surface area contributed by atoms with Crippen LogP contribution in [0.5, 0.6) is 5.75 Å². The third-order valence-corrected chi connectivity index (χ3v) is 5.80. The number of methoxy groups -OCH3 is 1. The van der Waals surface area contributed by atoms with Gasteiger partial charge in [-0.05, 0) is 43.4 Å². The quantitative estimate of drug-likeness (QED) is 0.494.